The van der Waals surface area contributed by atoms with Crippen molar-refractivity contribution in [1.82, 2.24) is 4.98 Å². The molecule has 0 saturated carbocycles. The largest absolute Gasteiger partial charge is 0.355 e. The molecule has 1 aliphatic rings. The molecule has 21 heavy (non-hydrogen) atoms. The van der Waals surface area contributed by atoms with Gasteiger partial charge in [0.05, 0.1) is 11.4 Å². The third kappa shape index (κ3) is 2.65. The van der Waals surface area contributed by atoms with Crippen LogP contribution in [0.1, 0.15) is 19.4 Å². The minimum atomic E-state index is 0.795. The van der Waals surface area contributed by atoms with Crippen LogP contribution in [0.2, 0.25) is 0 Å². The zero-order valence-corrected chi connectivity index (χ0v) is 12.4. The summed E-state index contributed by atoms with van der Waals surface area (Å²) in [4.78, 5) is 8.03. The van der Waals surface area contributed by atoms with Crippen molar-refractivity contribution >= 4 is 16.9 Å². The average Bonchev–Trinajstić information content (AvgIpc) is 3.11. The molecule has 2 heteroatoms. The molecule has 1 aromatic carbocycles. The Morgan fingerprint density at radius 2 is 1.67 bits per heavy atom. The summed E-state index contributed by atoms with van der Waals surface area (Å²) in [6.07, 6.45) is 3.97. The Balaban J connectivity index is 2.32. The highest BCUT2D eigenvalue weighted by Crippen LogP contribution is 2.19. The molecule has 0 atom stereocenters. The first-order chi connectivity index (χ1) is 10.1. The summed E-state index contributed by atoms with van der Waals surface area (Å²) < 4.78 is 0. The summed E-state index contributed by atoms with van der Waals surface area (Å²) in [6, 6.07) is 14.6. The number of hydrogen-bond donors (Lipinski definition) is 1. The molecule has 0 fully saturated rings. The molecule has 1 aliphatic heterocycles. The number of rotatable bonds is 2. The Kier molecular flexibility index (Phi) is 3.44. The zero-order chi connectivity index (χ0) is 14.8. The highest BCUT2D eigenvalue weighted by molar-refractivity contribution is 6.30. The highest BCUT2D eigenvalue weighted by atomic mass is 14.8. The number of allylic oxidation sites excluding steroid dienone is 2. The van der Waals surface area contributed by atoms with Gasteiger partial charge in [-0.3, -0.25) is 0 Å². The Labute approximate surface area is 124 Å². The maximum absolute atomic E-state index is 4.54. The molecule has 0 spiro atoms. The summed E-state index contributed by atoms with van der Waals surface area (Å²) >= 11 is 0. The molecule has 0 amide bonds. The van der Waals surface area contributed by atoms with Gasteiger partial charge in [0, 0.05) is 16.3 Å². The Morgan fingerprint density at radius 1 is 0.952 bits per heavy atom. The normalized spacial score (nSPS) is 15.1. The van der Waals surface area contributed by atoms with Crippen molar-refractivity contribution < 1.29 is 0 Å². The van der Waals surface area contributed by atoms with Crippen molar-refractivity contribution in [3.8, 4) is 0 Å². The Bertz CT molecular complexity index is 858. The molecule has 1 N–H and O–H groups in total. The van der Waals surface area contributed by atoms with Gasteiger partial charge < -0.3 is 4.98 Å². The Hall–Kier alpha value is -2.61. The van der Waals surface area contributed by atoms with E-state index < -0.39 is 0 Å². The van der Waals surface area contributed by atoms with Crippen LogP contribution < -0.4 is 10.7 Å². The van der Waals surface area contributed by atoms with Gasteiger partial charge in [0.2, 0.25) is 0 Å². The van der Waals surface area contributed by atoms with Crippen molar-refractivity contribution in [3.05, 3.63) is 83.2 Å². The van der Waals surface area contributed by atoms with Gasteiger partial charge in [-0.2, -0.15) is 0 Å². The minimum absolute atomic E-state index is 0.795. The van der Waals surface area contributed by atoms with Crippen molar-refractivity contribution in [1.29, 1.82) is 0 Å². The van der Waals surface area contributed by atoms with Gasteiger partial charge in [-0.15, -0.1) is 0 Å². The first-order valence-corrected chi connectivity index (χ1v) is 7.03. The molecular formula is C19H18N2. The summed E-state index contributed by atoms with van der Waals surface area (Å²) in [6.45, 7) is 8.11. The van der Waals surface area contributed by atoms with E-state index in [2.05, 4.69) is 54.7 Å². The smallest absolute Gasteiger partial charge is 0.0736 e. The number of nitrogens with one attached hydrogen (secondary N) is 1. The number of aliphatic imine (C=N–C) groups is 1. The first-order valence-electron chi connectivity index (χ1n) is 7.03. The number of hydrogen-bond acceptors (Lipinski definition) is 1. The van der Waals surface area contributed by atoms with Crippen molar-refractivity contribution in [2.75, 3.05) is 0 Å². The van der Waals surface area contributed by atoms with E-state index in [1.54, 1.807) is 0 Å². The summed E-state index contributed by atoms with van der Waals surface area (Å²) in [5.41, 5.74) is 5.27. The molecule has 0 unspecified atom stereocenters. The van der Waals surface area contributed by atoms with Crippen LogP contribution in [0.15, 0.2) is 71.9 Å². The number of aromatic amines is 1. The van der Waals surface area contributed by atoms with Crippen LogP contribution in [-0.4, -0.2) is 10.7 Å². The topological polar surface area (TPSA) is 28.1 Å². The van der Waals surface area contributed by atoms with Crippen LogP contribution in [0, 0.1) is 0 Å². The van der Waals surface area contributed by atoms with E-state index in [-0.39, 0.29) is 0 Å². The fourth-order valence-electron chi connectivity index (χ4n) is 2.42. The third-order valence-electron chi connectivity index (χ3n) is 3.51. The predicted octanol–water partition coefficient (Wildman–Crippen LogP) is 2.93. The molecule has 1 aromatic heterocycles. The van der Waals surface area contributed by atoms with Gasteiger partial charge in [0.1, 0.15) is 0 Å². The van der Waals surface area contributed by atoms with Gasteiger partial charge in [-0.05, 0) is 43.7 Å². The van der Waals surface area contributed by atoms with E-state index >= 15 is 0 Å². The van der Waals surface area contributed by atoms with E-state index in [0.29, 0.717) is 0 Å². The van der Waals surface area contributed by atoms with Crippen LogP contribution in [-0.2, 0) is 0 Å². The molecule has 2 aromatic rings. The molecule has 0 aliphatic carbocycles. The van der Waals surface area contributed by atoms with E-state index in [1.807, 2.05) is 30.4 Å². The lowest BCUT2D eigenvalue weighted by molar-refractivity contribution is 1.24. The number of aromatic nitrogens is 1. The van der Waals surface area contributed by atoms with Gasteiger partial charge >= 0.3 is 0 Å². The number of benzene rings is 1. The Morgan fingerprint density at radius 3 is 2.24 bits per heavy atom. The second-order valence-electron chi connectivity index (χ2n) is 5.35. The van der Waals surface area contributed by atoms with Crippen LogP contribution in [0.5, 0.6) is 0 Å². The van der Waals surface area contributed by atoms with Crippen LogP contribution in [0.25, 0.3) is 11.1 Å². The third-order valence-corrected chi connectivity index (χ3v) is 3.51. The predicted molar refractivity (Wildman–Crippen MR) is 89.5 cm³/mol. The molecule has 104 valence electrons. The first kappa shape index (κ1) is 13.4. The fourth-order valence-corrected chi connectivity index (χ4v) is 2.42. The average molecular weight is 274 g/mol. The van der Waals surface area contributed by atoms with Crippen molar-refractivity contribution in [3.63, 3.8) is 0 Å². The van der Waals surface area contributed by atoms with E-state index in [9.17, 15) is 0 Å². The van der Waals surface area contributed by atoms with E-state index in [1.165, 1.54) is 5.57 Å². The highest BCUT2D eigenvalue weighted by Gasteiger charge is 2.12. The molecule has 3 rings (SSSR count). The number of nitrogens with zero attached hydrogens (tertiary/aromatic N) is 1. The van der Waals surface area contributed by atoms with Gasteiger partial charge in [-0.1, -0.05) is 42.5 Å². The van der Waals surface area contributed by atoms with E-state index in [4.69, 9.17) is 0 Å². The summed E-state index contributed by atoms with van der Waals surface area (Å²) in [7, 11) is 0. The molecule has 0 radical (unpaired) electrons. The molecule has 2 heterocycles. The minimum Gasteiger partial charge on any atom is -0.355 e. The lowest BCUT2D eigenvalue weighted by atomic mass is 10.0. The fraction of sp³-hybridized carbons (Fsp3) is 0.105. The quantitative estimate of drug-likeness (QED) is 0.872. The SMILES string of the molecule is C=C1C=CC(/C(c2ccccc2)=c2/ccc(=C(C)C)[nH]2)=N1. The maximum atomic E-state index is 4.54. The van der Waals surface area contributed by atoms with Gasteiger partial charge in [-0.25, -0.2) is 4.99 Å². The second kappa shape index (κ2) is 5.41. The zero-order valence-electron chi connectivity index (χ0n) is 12.4. The van der Waals surface area contributed by atoms with Crippen molar-refractivity contribution in [2.24, 2.45) is 4.99 Å². The molecular weight excluding hydrogens is 256 g/mol. The summed E-state index contributed by atoms with van der Waals surface area (Å²) in [5, 5.41) is 2.23. The van der Waals surface area contributed by atoms with Crippen molar-refractivity contribution in [2.45, 2.75) is 13.8 Å². The second-order valence-corrected chi connectivity index (χ2v) is 5.35. The van der Waals surface area contributed by atoms with Crippen LogP contribution in [0.3, 0.4) is 0 Å². The maximum Gasteiger partial charge on any atom is 0.0736 e. The number of H-pyrrole nitrogens is 1. The molecule has 0 saturated heterocycles. The summed E-state index contributed by atoms with van der Waals surface area (Å²) in [5.74, 6) is 0. The van der Waals surface area contributed by atoms with Crippen LogP contribution in [0.4, 0.5) is 0 Å². The van der Waals surface area contributed by atoms with Gasteiger partial charge in [0.25, 0.3) is 0 Å². The monoisotopic (exact) mass is 274 g/mol. The lowest BCUT2D eigenvalue weighted by Gasteiger charge is -2.05. The lowest BCUT2D eigenvalue weighted by Crippen LogP contribution is -2.18. The standard InChI is InChI=1S/C19H18N2/c1-13(2)16-11-12-18(21-16)19(15-7-5-4-6-8-15)17-10-9-14(3)20-17/h4-12,21H,3H2,1-2H3/b19-18-. The van der Waals surface area contributed by atoms with E-state index in [0.717, 1.165) is 33.2 Å². The van der Waals surface area contributed by atoms with Gasteiger partial charge in [0.15, 0.2) is 0 Å². The molecule has 0 bridgehead atoms. The molecule has 2 nitrogen and oxygen atoms in total. The van der Waals surface area contributed by atoms with Crippen LogP contribution >= 0.6 is 0 Å².